The molecule has 4 rings (SSSR count). The third-order valence-corrected chi connectivity index (χ3v) is 7.67. The number of benzene rings is 1. The van der Waals surface area contributed by atoms with Crippen LogP contribution >= 0.6 is 0 Å². The summed E-state index contributed by atoms with van der Waals surface area (Å²) in [4.78, 5) is 42.2. The van der Waals surface area contributed by atoms with Gasteiger partial charge in [-0.3, -0.25) is 14.4 Å². The molecule has 9 heteroatoms. The van der Waals surface area contributed by atoms with E-state index in [2.05, 4.69) is 17.6 Å². The highest BCUT2D eigenvalue weighted by Gasteiger charge is 2.74. The Hall–Kier alpha value is -2.65. The summed E-state index contributed by atoms with van der Waals surface area (Å²) in [7, 11) is 0. The molecular formula is C27H39N3O6. The maximum absolute atomic E-state index is 13.7. The van der Waals surface area contributed by atoms with Gasteiger partial charge in [0.05, 0.1) is 24.5 Å². The summed E-state index contributed by atoms with van der Waals surface area (Å²) in [6.07, 6.45) is 4.88. The molecule has 198 valence electrons. The van der Waals surface area contributed by atoms with Crippen LogP contribution in [0.25, 0.3) is 0 Å². The van der Waals surface area contributed by atoms with Gasteiger partial charge in [-0.05, 0) is 63.3 Å². The monoisotopic (exact) mass is 501 g/mol. The second kappa shape index (κ2) is 11.6. The summed E-state index contributed by atoms with van der Waals surface area (Å²) in [5, 5.41) is 15.2. The zero-order valence-corrected chi connectivity index (χ0v) is 21.3. The molecule has 3 N–H and O–H groups in total. The highest BCUT2D eigenvalue weighted by molar-refractivity contribution is 6.02. The summed E-state index contributed by atoms with van der Waals surface area (Å²) in [6.45, 7) is 5.50. The smallest absolute Gasteiger partial charge is 0.245 e. The Morgan fingerprint density at radius 1 is 1.14 bits per heavy atom. The number of rotatable bonds is 13. The van der Waals surface area contributed by atoms with Gasteiger partial charge in [0.15, 0.2) is 0 Å². The number of anilines is 1. The average Bonchev–Trinajstić information content (AvgIpc) is 3.51. The molecule has 0 aliphatic carbocycles. The minimum atomic E-state index is -0.989. The molecule has 9 nitrogen and oxygen atoms in total. The minimum Gasteiger partial charge on any atom is -0.494 e. The molecule has 3 aliphatic heterocycles. The predicted molar refractivity (Wildman–Crippen MR) is 134 cm³/mol. The summed E-state index contributed by atoms with van der Waals surface area (Å²) in [5.41, 5.74) is -0.368. The van der Waals surface area contributed by atoms with E-state index in [0.29, 0.717) is 51.1 Å². The molecule has 0 saturated carbocycles. The molecule has 2 unspecified atom stereocenters. The van der Waals surface area contributed by atoms with Gasteiger partial charge in [0.25, 0.3) is 0 Å². The van der Waals surface area contributed by atoms with Gasteiger partial charge < -0.3 is 30.1 Å². The quantitative estimate of drug-likeness (QED) is 0.358. The fraction of sp³-hybridized carbons (Fsp3) is 0.667. The highest BCUT2D eigenvalue weighted by Crippen LogP contribution is 2.58. The lowest BCUT2D eigenvalue weighted by Crippen LogP contribution is -2.55. The Kier molecular flexibility index (Phi) is 8.51. The van der Waals surface area contributed by atoms with Crippen LogP contribution in [0.15, 0.2) is 24.3 Å². The maximum Gasteiger partial charge on any atom is 0.245 e. The first-order chi connectivity index (χ1) is 17.5. The molecule has 0 radical (unpaired) electrons. The number of carbonyl (C=O) groups excluding carboxylic acids is 3. The molecule has 1 aromatic carbocycles. The van der Waals surface area contributed by atoms with Crippen LogP contribution in [0.1, 0.15) is 58.8 Å². The lowest BCUT2D eigenvalue weighted by Gasteiger charge is -2.33. The fourth-order valence-corrected chi connectivity index (χ4v) is 6.10. The van der Waals surface area contributed by atoms with Crippen LogP contribution in [0.4, 0.5) is 5.69 Å². The SMILES string of the molecule is CCCCCNC(=O)C1N(CCCCO)C(=O)[C@@H]2[C@@H](C(=O)Nc3ccc(OCC)cc3)[C@H]3CCC12O3. The van der Waals surface area contributed by atoms with E-state index in [1.807, 2.05) is 6.92 Å². The number of aliphatic hydroxyl groups is 1. The van der Waals surface area contributed by atoms with E-state index < -0.39 is 29.6 Å². The first kappa shape index (κ1) is 26.4. The van der Waals surface area contributed by atoms with Crippen molar-refractivity contribution in [1.29, 1.82) is 0 Å². The number of unbranched alkanes of at least 4 members (excludes halogenated alkanes) is 3. The van der Waals surface area contributed by atoms with Gasteiger partial charge in [0, 0.05) is 25.4 Å². The van der Waals surface area contributed by atoms with Crippen molar-refractivity contribution in [1.82, 2.24) is 10.2 Å². The van der Waals surface area contributed by atoms with E-state index in [9.17, 15) is 19.5 Å². The normalized spacial score (nSPS) is 28.3. The van der Waals surface area contributed by atoms with E-state index in [-0.39, 0.29) is 24.3 Å². The topological polar surface area (TPSA) is 117 Å². The number of hydrogen-bond donors (Lipinski definition) is 3. The Balaban J connectivity index is 1.54. The zero-order valence-electron chi connectivity index (χ0n) is 21.3. The summed E-state index contributed by atoms with van der Waals surface area (Å²) >= 11 is 0. The highest BCUT2D eigenvalue weighted by atomic mass is 16.5. The van der Waals surface area contributed by atoms with Crippen LogP contribution in [0.2, 0.25) is 0 Å². The molecule has 3 aliphatic rings. The number of ether oxygens (including phenoxy) is 2. The Morgan fingerprint density at radius 3 is 2.61 bits per heavy atom. The Morgan fingerprint density at radius 2 is 1.92 bits per heavy atom. The zero-order chi connectivity index (χ0) is 25.7. The van der Waals surface area contributed by atoms with Crippen molar-refractivity contribution in [2.45, 2.75) is 76.5 Å². The molecule has 36 heavy (non-hydrogen) atoms. The van der Waals surface area contributed by atoms with Gasteiger partial charge in [-0.2, -0.15) is 0 Å². The third-order valence-electron chi connectivity index (χ3n) is 7.67. The maximum atomic E-state index is 13.7. The minimum absolute atomic E-state index is 0.0240. The largest absolute Gasteiger partial charge is 0.494 e. The number of fused-ring (bicyclic) bond motifs is 1. The van der Waals surface area contributed by atoms with Gasteiger partial charge in [-0.15, -0.1) is 0 Å². The second-order valence-corrected chi connectivity index (χ2v) is 9.96. The molecule has 1 aromatic rings. The van der Waals surface area contributed by atoms with Crippen LogP contribution in [0.3, 0.4) is 0 Å². The second-order valence-electron chi connectivity index (χ2n) is 9.96. The number of aliphatic hydroxyl groups excluding tert-OH is 1. The standard InChI is InChI=1S/C27H39N3O6/c1-3-5-6-15-28-25(33)23-27-14-13-20(36-27)21(22(27)26(34)30(23)16-7-8-17-31)24(32)29-18-9-11-19(12-10-18)35-4-2/h9-12,20-23,31H,3-8,13-17H2,1-2H3,(H,28,33)(H,29,32)/t20-,21+,22+,23?,27?/m1/s1. The number of likely N-dealkylation sites (tertiary alicyclic amines) is 1. The van der Waals surface area contributed by atoms with Crippen molar-refractivity contribution in [3.8, 4) is 5.75 Å². The molecular weight excluding hydrogens is 462 g/mol. The van der Waals surface area contributed by atoms with Crippen LogP contribution in [-0.4, -0.2) is 71.8 Å². The summed E-state index contributed by atoms with van der Waals surface area (Å²) < 4.78 is 11.9. The molecule has 3 heterocycles. The Labute approximate surface area is 212 Å². The van der Waals surface area contributed by atoms with Gasteiger partial charge in [0.2, 0.25) is 17.7 Å². The lowest BCUT2D eigenvalue weighted by atomic mass is 9.70. The first-order valence-electron chi connectivity index (χ1n) is 13.4. The number of hydrogen-bond acceptors (Lipinski definition) is 6. The molecule has 5 atom stereocenters. The van der Waals surface area contributed by atoms with Crippen molar-refractivity contribution >= 4 is 23.4 Å². The van der Waals surface area contributed by atoms with Gasteiger partial charge >= 0.3 is 0 Å². The van der Waals surface area contributed by atoms with Crippen LogP contribution in [0.5, 0.6) is 5.75 Å². The number of nitrogens with one attached hydrogen (secondary N) is 2. The number of nitrogens with zero attached hydrogens (tertiary/aromatic N) is 1. The van der Waals surface area contributed by atoms with Crippen molar-refractivity contribution in [3.63, 3.8) is 0 Å². The first-order valence-corrected chi connectivity index (χ1v) is 13.4. The van der Waals surface area contributed by atoms with Crippen molar-refractivity contribution in [2.24, 2.45) is 11.8 Å². The van der Waals surface area contributed by atoms with Gasteiger partial charge in [-0.1, -0.05) is 19.8 Å². The molecule has 3 fully saturated rings. The molecule has 3 saturated heterocycles. The fourth-order valence-electron chi connectivity index (χ4n) is 6.10. The summed E-state index contributed by atoms with van der Waals surface area (Å²) in [5.74, 6) is -1.30. The summed E-state index contributed by atoms with van der Waals surface area (Å²) in [6, 6.07) is 6.37. The van der Waals surface area contributed by atoms with Crippen molar-refractivity contribution in [2.75, 3.05) is 31.6 Å². The molecule has 3 amide bonds. The van der Waals surface area contributed by atoms with E-state index in [1.165, 1.54) is 0 Å². The number of carbonyl (C=O) groups is 3. The van der Waals surface area contributed by atoms with Gasteiger partial charge in [-0.25, -0.2) is 0 Å². The van der Waals surface area contributed by atoms with E-state index in [4.69, 9.17) is 9.47 Å². The predicted octanol–water partition coefficient (Wildman–Crippen LogP) is 2.48. The van der Waals surface area contributed by atoms with Crippen molar-refractivity contribution < 1.29 is 29.0 Å². The van der Waals surface area contributed by atoms with Crippen LogP contribution < -0.4 is 15.4 Å². The van der Waals surface area contributed by atoms with E-state index in [1.54, 1.807) is 29.2 Å². The van der Waals surface area contributed by atoms with Crippen LogP contribution in [0, 0.1) is 11.8 Å². The average molecular weight is 502 g/mol. The lowest BCUT2D eigenvalue weighted by molar-refractivity contribution is -0.141. The van der Waals surface area contributed by atoms with Gasteiger partial charge in [0.1, 0.15) is 17.4 Å². The molecule has 2 bridgehead atoms. The van der Waals surface area contributed by atoms with Crippen LogP contribution in [-0.2, 0) is 19.1 Å². The third kappa shape index (κ3) is 4.95. The Bertz CT molecular complexity index is 938. The van der Waals surface area contributed by atoms with E-state index >= 15 is 0 Å². The molecule has 1 spiro atoms. The number of amides is 3. The van der Waals surface area contributed by atoms with E-state index in [0.717, 1.165) is 25.0 Å². The van der Waals surface area contributed by atoms with Crippen molar-refractivity contribution in [3.05, 3.63) is 24.3 Å². The molecule has 0 aromatic heterocycles.